The number of carbonyl (C=O) groups excluding carboxylic acids is 1. The summed E-state index contributed by atoms with van der Waals surface area (Å²) in [4.78, 5) is 12.6. The quantitative estimate of drug-likeness (QED) is 0.641. The summed E-state index contributed by atoms with van der Waals surface area (Å²) in [6, 6.07) is 12.3. The molecule has 1 saturated carbocycles. The molecule has 0 unspecified atom stereocenters. The lowest BCUT2D eigenvalue weighted by Gasteiger charge is -2.14. The Labute approximate surface area is 168 Å². The van der Waals surface area contributed by atoms with Crippen LogP contribution in [0.25, 0.3) is 5.69 Å². The highest BCUT2D eigenvalue weighted by molar-refractivity contribution is 7.99. The van der Waals surface area contributed by atoms with Crippen LogP contribution in [0.2, 0.25) is 0 Å². The first-order chi connectivity index (χ1) is 13.4. The van der Waals surface area contributed by atoms with Crippen molar-refractivity contribution in [2.75, 3.05) is 11.1 Å². The molecule has 8 heteroatoms. The van der Waals surface area contributed by atoms with Crippen molar-refractivity contribution in [2.24, 2.45) is 0 Å². The molecule has 0 radical (unpaired) electrons. The van der Waals surface area contributed by atoms with Gasteiger partial charge in [0.2, 0.25) is 5.91 Å². The lowest BCUT2D eigenvalue weighted by Crippen LogP contribution is -2.17. The number of anilines is 1. The summed E-state index contributed by atoms with van der Waals surface area (Å²) in [6.07, 6.45) is 4.06. The van der Waals surface area contributed by atoms with E-state index in [0.29, 0.717) is 11.9 Å². The van der Waals surface area contributed by atoms with Crippen LogP contribution in [0.5, 0.6) is 0 Å². The van der Waals surface area contributed by atoms with Gasteiger partial charge in [-0.25, -0.2) is 4.68 Å². The van der Waals surface area contributed by atoms with Crippen LogP contribution >= 0.6 is 11.8 Å². The molecule has 2 aromatic heterocycles. The molecule has 0 saturated heterocycles. The third kappa shape index (κ3) is 4.11. The first-order valence-electron chi connectivity index (χ1n) is 9.40. The molecule has 1 fully saturated rings. The Morgan fingerprint density at radius 1 is 1.25 bits per heavy atom. The van der Waals surface area contributed by atoms with Crippen LogP contribution in [0, 0.1) is 0 Å². The highest BCUT2D eigenvalue weighted by Crippen LogP contribution is 2.37. The molecule has 1 aliphatic carbocycles. The van der Waals surface area contributed by atoms with Crippen molar-refractivity contribution in [2.45, 2.75) is 50.2 Å². The molecule has 1 aromatic carbocycles. The SMILES string of the molecule is CC(C)(C)c1cc(NC(=O)CSc2nncn2C2CC2)n(-c2ccccc2)n1. The molecule has 3 aromatic rings. The average molecular weight is 397 g/mol. The summed E-state index contributed by atoms with van der Waals surface area (Å²) in [6.45, 7) is 6.32. The monoisotopic (exact) mass is 396 g/mol. The van der Waals surface area contributed by atoms with E-state index in [1.54, 1.807) is 11.0 Å². The number of benzene rings is 1. The zero-order chi connectivity index (χ0) is 19.7. The van der Waals surface area contributed by atoms with E-state index >= 15 is 0 Å². The number of nitrogens with zero attached hydrogens (tertiary/aromatic N) is 5. The molecule has 0 aliphatic heterocycles. The van der Waals surface area contributed by atoms with Gasteiger partial charge in [-0.15, -0.1) is 10.2 Å². The van der Waals surface area contributed by atoms with Gasteiger partial charge in [-0.3, -0.25) is 4.79 Å². The Balaban J connectivity index is 1.50. The Hall–Kier alpha value is -2.61. The summed E-state index contributed by atoms with van der Waals surface area (Å²) in [7, 11) is 0. The first-order valence-corrected chi connectivity index (χ1v) is 10.4. The fraction of sp³-hybridized carbons (Fsp3) is 0.400. The van der Waals surface area contributed by atoms with Crippen molar-refractivity contribution in [1.29, 1.82) is 0 Å². The lowest BCUT2D eigenvalue weighted by atomic mass is 9.92. The number of hydrogen-bond acceptors (Lipinski definition) is 5. The van der Waals surface area contributed by atoms with Gasteiger partial charge in [0.05, 0.1) is 17.1 Å². The van der Waals surface area contributed by atoms with Crippen LogP contribution in [0.4, 0.5) is 5.82 Å². The Bertz CT molecular complexity index is 968. The van der Waals surface area contributed by atoms with Gasteiger partial charge >= 0.3 is 0 Å². The van der Waals surface area contributed by atoms with E-state index in [1.165, 1.54) is 11.8 Å². The molecule has 28 heavy (non-hydrogen) atoms. The van der Waals surface area contributed by atoms with Gasteiger partial charge in [-0.2, -0.15) is 5.10 Å². The highest BCUT2D eigenvalue weighted by atomic mass is 32.2. The molecular weight excluding hydrogens is 372 g/mol. The summed E-state index contributed by atoms with van der Waals surface area (Å²) in [5.41, 5.74) is 1.72. The molecule has 4 rings (SSSR count). The number of para-hydroxylation sites is 1. The van der Waals surface area contributed by atoms with Crippen LogP contribution in [-0.4, -0.2) is 36.2 Å². The number of aromatic nitrogens is 5. The second-order valence-electron chi connectivity index (χ2n) is 8.00. The van der Waals surface area contributed by atoms with Gasteiger partial charge in [0.25, 0.3) is 0 Å². The standard InChI is InChI=1S/C20H24N6OS/c1-20(2,3)16-11-17(26(24-16)15-7-5-4-6-8-15)22-18(27)12-28-19-23-21-13-25(19)14-9-10-14/h4-8,11,13-14H,9-10,12H2,1-3H3,(H,22,27). The second-order valence-corrected chi connectivity index (χ2v) is 8.94. The summed E-state index contributed by atoms with van der Waals surface area (Å²) >= 11 is 1.41. The van der Waals surface area contributed by atoms with E-state index < -0.39 is 0 Å². The predicted molar refractivity (Wildman–Crippen MR) is 110 cm³/mol. The van der Waals surface area contributed by atoms with Crippen LogP contribution < -0.4 is 5.32 Å². The number of amides is 1. The van der Waals surface area contributed by atoms with Crippen LogP contribution in [0.1, 0.15) is 45.3 Å². The maximum Gasteiger partial charge on any atom is 0.236 e. The van der Waals surface area contributed by atoms with Crippen molar-refractivity contribution >= 4 is 23.5 Å². The van der Waals surface area contributed by atoms with Crippen molar-refractivity contribution in [3.63, 3.8) is 0 Å². The minimum atomic E-state index is -0.116. The molecule has 146 valence electrons. The normalized spacial score (nSPS) is 14.2. The first kappa shape index (κ1) is 18.7. The lowest BCUT2D eigenvalue weighted by molar-refractivity contribution is -0.113. The van der Waals surface area contributed by atoms with Crippen molar-refractivity contribution in [3.05, 3.63) is 48.4 Å². The van der Waals surface area contributed by atoms with Crippen molar-refractivity contribution in [1.82, 2.24) is 24.5 Å². The Kier molecular flexibility index (Phi) is 4.97. The Morgan fingerprint density at radius 2 is 2.00 bits per heavy atom. The predicted octanol–water partition coefficient (Wildman–Crippen LogP) is 3.83. The number of rotatable bonds is 6. The zero-order valence-electron chi connectivity index (χ0n) is 16.3. The molecule has 1 aliphatic rings. The topological polar surface area (TPSA) is 77.6 Å². The molecule has 0 atom stereocenters. The van der Waals surface area contributed by atoms with Gasteiger partial charge < -0.3 is 9.88 Å². The van der Waals surface area contributed by atoms with E-state index in [4.69, 9.17) is 5.10 Å². The van der Waals surface area contributed by atoms with E-state index in [9.17, 15) is 4.79 Å². The number of carbonyl (C=O) groups is 1. The molecule has 1 N–H and O–H groups in total. The van der Waals surface area contributed by atoms with Crippen LogP contribution in [-0.2, 0) is 10.2 Å². The fourth-order valence-corrected chi connectivity index (χ4v) is 3.63. The zero-order valence-corrected chi connectivity index (χ0v) is 17.1. The van der Waals surface area contributed by atoms with E-state index in [-0.39, 0.29) is 17.1 Å². The molecule has 2 heterocycles. The highest BCUT2D eigenvalue weighted by Gasteiger charge is 2.26. The molecule has 0 spiro atoms. The third-order valence-electron chi connectivity index (χ3n) is 4.56. The third-order valence-corrected chi connectivity index (χ3v) is 5.52. The van der Waals surface area contributed by atoms with Crippen molar-refractivity contribution in [3.8, 4) is 5.69 Å². The van der Waals surface area contributed by atoms with Gasteiger partial charge in [0, 0.05) is 17.5 Å². The molecular formula is C20H24N6OS. The average Bonchev–Trinajstić information content (AvgIpc) is 3.24. The van der Waals surface area contributed by atoms with Crippen LogP contribution in [0.15, 0.2) is 47.9 Å². The summed E-state index contributed by atoms with van der Waals surface area (Å²) < 4.78 is 3.85. The Morgan fingerprint density at radius 3 is 2.68 bits per heavy atom. The van der Waals surface area contributed by atoms with Gasteiger partial charge in [-0.05, 0) is 25.0 Å². The molecule has 7 nitrogen and oxygen atoms in total. The van der Waals surface area contributed by atoms with Crippen molar-refractivity contribution < 1.29 is 4.79 Å². The number of nitrogens with one attached hydrogen (secondary N) is 1. The maximum absolute atomic E-state index is 12.6. The van der Waals surface area contributed by atoms with Gasteiger partial charge in [0.15, 0.2) is 5.16 Å². The molecule has 0 bridgehead atoms. The molecule has 1 amide bonds. The van der Waals surface area contributed by atoms with E-state index in [0.717, 1.165) is 29.4 Å². The summed E-state index contributed by atoms with van der Waals surface area (Å²) in [5.74, 6) is 0.856. The second kappa shape index (κ2) is 7.43. The van der Waals surface area contributed by atoms with Crippen LogP contribution in [0.3, 0.4) is 0 Å². The summed E-state index contributed by atoms with van der Waals surface area (Å²) in [5, 5.41) is 16.6. The maximum atomic E-state index is 12.6. The van der Waals surface area contributed by atoms with E-state index in [2.05, 4.69) is 40.9 Å². The minimum absolute atomic E-state index is 0.0899. The fourth-order valence-electron chi connectivity index (χ4n) is 2.85. The number of hydrogen-bond donors (Lipinski definition) is 1. The smallest absolute Gasteiger partial charge is 0.236 e. The van der Waals surface area contributed by atoms with Gasteiger partial charge in [-0.1, -0.05) is 50.7 Å². The largest absolute Gasteiger partial charge is 0.310 e. The van der Waals surface area contributed by atoms with E-state index in [1.807, 2.05) is 36.4 Å². The minimum Gasteiger partial charge on any atom is -0.310 e. The number of thioether (sulfide) groups is 1. The van der Waals surface area contributed by atoms with Gasteiger partial charge in [0.1, 0.15) is 12.1 Å².